The van der Waals surface area contributed by atoms with Gasteiger partial charge in [-0.1, -0.05) is 35.4 Å². The number of benzene rings is 3. The van der Waals surface area contributed by atoms with Crippen LogP contribution in [0.5, 0.6) is 0 Å². The van der Waals surface area contributed by atoms with Gasteiger partial charge < -0.3 is 14.2 Å². The number of carbonyl (C=O) groups is 2. The molecule has 3 heterocycles. The molecular weight excluding hydrogens is 539 g/mol. The second-order valence-electron chi connectivity index (χ2n) is 10.2. The van der Waals surface area contributed by atoms with Crippen LogP contribution in [0.3, 0.4) is 0 Å². The Labute approximate surface area is 240 Å². The summed E-state index contributed by atoms with van der Waals surface area (Å²) in [6, 6.07) is 20.1. The van der Waals surface area contributed by atoms with E-state index < -0.39 is 30.4 Å². The van der Waals surface area contributed by atoms with Gasteiger partial charge in [-0.25, -0.2) is 28.9 Å². The summed E-state index contributed by atoms with van der Waals surface area (Å²) < 4.78 is 33.0. The summed E-state index contributed by atoms with van der Waals surface area (Å²) >= 11 is 0. The van der Waals surface area contributed by atoms with Gasteiger partial charge in [0.2, 0.25) is 0 Å². The van der Waals surface area contributed by atoms with E-state index in [9.17, 15) is 14.0 Å². The summed E-state index contributed by atoms with van der Waals surface area (Å²) in [4.78, 5) is 39.1. The second-order valence-corrected chi connectivity index (χ2v) is 10.2. The molecule has 1 saturated heterocycles. The molecule has 0 radical (unpaired) electrons. The van der Waals surface area contributed by atoms with Crippen molar-refractivity contribution in [2.45, 2.75) is 38.7 Å². The number of imidazole rings is 1. The van der Waals surface area contributed by atoms with E-state index in [-0.39, 0.29) is 18.8 Å². The van der Waals surface area contributed by atoms with Crippen LogP contribution in [0.25, 0.3) is 22.4 Å². The molecule has 0 N–H and O–H groups in total. The van der Waals surface area contributed by atoms with Crippen molar-refractivity contribution in [3.63, 3.8) is 0 Å². The Hall–Kier alpha value is -4.96. The second kappa shape index (κ2) is 11.5. The number of carbonyl (C=O) groups excluding carboxylic acids is 2. The zero-order chi connectivity index (χ0) is 29.2. The molecule has 6 rings (SSSR count). The maximum absolute atomic E-state index is 13.5. The van der Waals surface area contributed by atoms with Gasteiger partial charge in [-0.2, -0.15) is 0 Å². The highest BCUT2D eigenvalue weighted by Crippen LogP contribution is 2.35. The maximum atomic E-state index is 13.5. The zero-order valence-electron chi connectivity index (χ0n) is 22.9. The fourth-order valence-corrected chi connectivity index (χ4v) is 4.85. The molecule has 1 fully saturated rings. The highest BCUT2D eigenvalue weighted by atomic mass is 19.1. The molecule has 1 aliphatic heterocycles. The van der Waals surface area contributed by atoms with Crippen LogP contribution < -0.4 is 0 Å². The number of nitrogens with zero attached hydrogens (tertiary/aromatic N) is 4. The van der Waals surface area contributed by atoms with Gasteiger partial charge in [0, 0.05) is 12.0 Å². The van der Waals surface area contributed by atoms with Gasteiger partial charge in [-0.3, -0.25) is 4.57 Å². The fourth-order valence-electron chi connectivity index (χ4n) is 4.85. The first-order chi connectivity index (χ1) is 20.4. The van der Waals surface area contributed by atoms with Gasteiger partial charge in [0.25, 0.3) is 0 Å². The average Bonchev–Trinajstić information content (AvgIpc) is 3.61. The van der Waals surface area contributed by atoms with Crippen molar-refractivity contribution >= 4 is 23.1 Å². The van der Waals surface area contributed by atoms with Crippen LogP contribution in [0.1, 0.15) is 44.5 Å². The lowest BCUT2D eigenvalue weighted by molar-refractivity contribution is -0.0563. The van der Waals surface area contributed by atoms with Crippen LogP contribution >= 0.6 is 0 Å². The molecule has 0 spiro atoms. The lowest BCUT2D eigenvalue weighted by atomic mass is 10.1. The Morgan fingerprint density at radius 3 is 2.19 bits per heavy atom. The number of aromatic nitrogens is 4. The molecule has 0 bridgehead atoms. The lowest BCUT2D eigenvalue weighted by Crippen LogP contribution is -2.32. The van der Waals surface area contributed by atoms with Crippen molar-refractivity contribution in [1.29, 1.82) is 0 Å². The smallest absolute Gasteiger partial charge is 0.338 e. The minimum atomic E-state index is -0.741. The number of halogens is 1. The summed E-state index contributed by atoms with van der Waals surface area (Å²) in [5.41, 5.74) is 5.10. The molecule has 10 heteroatoms. The molecule has 212 valence electrons. The van der Waals surface area contributed by atoms with Crippen LogP contribution in [0.2, 0.25) is 0 Å². The van der Waals surface area contributed by atoms with Gasteiger partial charge >= 0.3 is 11.9 Å². The average molecular weight is 567 g/mol. The van der Waals surface area contributed by atoms with Crippen molar-refractivity contribution in [3.8, 4) is 11.3 Å². The van der Waals surface area contributed by atoms with Gasteiger partial charge in [-0.05, 0) is 62.4 Å². The topological polar surface area (TPSA) is 105 Å². The predicted molar refractivity (Wildman–Crippen MR) is 151 cm³/mol. The first-order valence-electron chi connectivity index (χ1n) is 13.5. The van der Waals surface area contributed by atoms with E-state index in [0.717, 1.165) is 11.1 Å². The van der Waals surface area contributed by atoms with Crippen LogP contribution in [0.4, 0.5) is 4.39 Å². The normalized spacial score (nSPS) is 18.2. The van der Waals surface area contributed by atoms with Crippen LogP contribution in [-0.4, -0.2) is 50.3 Å². The third kappa shape index (κ3) is 5.61. The quantitative estimate of drug-likeness (QED) is 0.234. The Bertz CT molecular complexity index is 1740. The monoisotopic (exact) mass is 566 g/mol. The van der Waals surface area contributed by atoms with E-state index in [1.54, 1.807) is 47.3 Å². The van der Waals surface area contributed by atoms with Gasteiger partial charge in [0.15, 0.2) is 5.65 Å². The molecule has 3 atom stereocenters. The predicted octanol–water partition coefficient (Wildman–Crippen LogP) is 5.62. The third-order valence-corrected chi connectivity index (χ3v) is 7.18. The molecule has 9 nitrogen and oxygen atoms in total. The van der Waals surface area contributed by atoms with E-state index in [1.165, 1.54) is 18.5 Å². The first kappa shape index (κ1) is 27.2. The van der Waals surface area contributed by atoms with E-state index in [2.05, 4.69) is 15.0 Å². The van der Waals surface area contributed by atoms with Gasteiger partial charge in [0.1, 0.15) is 48.4 Å². The molecule has 3 aromatic carbocycles. The Kier molecular flexibility index (Phi) is 7.45. The van der Waals surface area contributed by atoms with Crippen molar-refractivity contribution < 1.29 is 28.2 Å². The first-order valence-corrected chi connectivity index (χ1v) is 13.5. The van der Waals surface area contributed by atoms with Crippen molar-refractivity contribution in [2.75, 3.05) is 6.61 Å². The van der Waals surface area contributed by atoms with E-state index in [0.29, 0.717) is 33.5 Å². The number of ether oxygens (including phenoxy) is 3. The number of hydrogen-bond donors (Lipinski definition) is 0. The highest BCUT2D eigenvalue weighted by Gasteiger charge is 2.40. The minimum Gasteiger partial charge on any atom is -0.459 e. The molecule has 5 aromatic rings. The molecule has 1 aliphatic rings. The Morgan fingerprint density at radius 2 is 1.52 bits per heavy atom. The van der Waals surface area contributed by atoms with E-state index in [4.69, 9.17) is 14.2 Å². The molecule has 2 aromatic heterocycles. The third-order valence-electron chi connectivity index (χ3n) is 7.18. The van der Waals surface area contributed by atoms with Crippen molar-refractivity contribution in [3.05, 3.63) is 114 Å². The van der Waals surface area contributed by atoms with Crippen molar-refractivity contribution in [2.24, 2.45) is 0 Å². The molecule has 0 aliphatic carbocycles. The SMILES string of the molecule is Cc1ccc(C(=O)OC[C@H]2O[C@@H](n3cnc4c(-c5ccc(F)cc5)ncnc43)CC2OC(=O)c2ccc(C)cc2)cc1. The van der Waals surface area contributed by atoms with Crippen molar-refractivity contribution in [1.82, 2.24) is 19.5 Å². The number of esters is 2. The zero-order valence-corrected chi connectivity index (χ0v) is 22.9. The van der Waals surface area contributed by atoms with Gasteiger partial charge in [0.05, 0.1) is 17.5 Å². The summed E-state index contributed by atoms with van der Waals surface area (Å²) in [5, 5.41) is 0. The number of fused-ring (bicyclic) bond motifs is 1. The molecule has 1 unspecified atom stereocenters. The lowest BCUT2D eigenvalue weighted by Gasteiger charge is -2.19. The van der Waals surface area contributed by atoms with Crippen LogP contribution in [0, 0.1) is 19.7 Å². The van der Waals surface area contributed by atoms with Crippen LogP contribution in [0.15, 0.2) is 85.5 Å². The summed E-state index contributed by atoms with van der Waals surface area (Å²) in [5.74, 6) is -1.36. The largest absolute Gasteiger partial charge is 0.459 e. The summed E-state index contributed by atoms with van der Waals surface area (Å²) in [7, 11) is 0. The highest BCUT2D eigenvalue weighted by molar-refractivity contribution is 5.90. The summed E-state index contributed by atoms with van der Waals surface area (Å²) in [6.45, 7) is 3.74. The Balaban J connectivity index is 1.25. The van der Waals surface area contributed by atoms with Crippen LogP contribution in [-0.2, 0) is 14.2 Å². The number of hydrogen-bond acceptors (Lipinski definition) is 8. The Morgan fingerprint density at radius 1 is 0.881 bits per heavy atom. The molecule has 0 amide bonds. The summed E-state index contributed by atoms with van der Waals surface area (Å²) in [6.07, 6.45) is 1.18. The van der Waals surface area contributed by atoms with E-state index in [1.807, 2.05) is 38.1 Å². The molecule has 42 heavy (non-hydrogen) atoms. The fraction of sp³-hybridized carbons (Fsp3) is 0.219. The number of aryl methyl sites for hydroxylation is 2. The minimum absolute atomic E-state index is 0.127. The standard InChI is InChI=1S/C32H27FN4O5/c1-19-3-7-22(8-4-19)31(38)40-16-26-25(42-32(39)23-9-5-20(2)6-10-23)15-27(41-26)37-18-36-29-28(34-17-35-30(29)37)21-11-13-24(33)14-12-21/h3-14,17-18,25-27H,15-16H2,1-2H3/t25?,26-,27-/m1/s1. The van der Waals surface area contributed by atoms with E-state index >= 15 is 0 Å². The number of rotatable bonds is 7. The molecular formula is C32H27FN4O5. The van der Waals surface area contributed by atoms with Gasteiger partial charge in [-0.15, -0.1) is 0 Å². The maximum Gasteiger partial charge on any atom is 0.338 e. The molecule has 0 saturated carbocycles.